The van der Waals surface area contributed by atoms with Crippen molar-refractivity contribution in [2.75, 3.05) is 6.54 Å². The molecule has 6 heteroatoms. The summed E-state index contributed by atoms with van der Waals surface area (Å²) in [6, 6.07) is 1.65. The van der Waals surface area contributed by atoms with Crippen LogP contribution in [0.4, 0.5) is 0 Å². The molecule has 1 fully saturated rings. The molecular formula is C15H22N2O4. The molecule has 0 aromatic carbocycles. The molecule has 0 spiro atoms. The van der Waals surface area contributed by atoms with Crippen LogP contribution in [0.1, 0.15) is 62.2 Å². The molecule has 2 N–H and O–H groups in total. The van der Waals surface area contributed by atoms with Crippen LogP contribution in [0.25, 0.3) is 0 Å². The van der Waals surface area contributed by atoms with Crippen LogP contribution in [0, 0.1) is 11.3 Å². The van der Waals surface area contributed by atoms with E-state index in [9.17, 15) is 14.7 Å². The number of amides is 1. The number of aromatic nitrogens is 1. The first-order chi connectivity index (χ1) is 9.76. The third-order valence-corrected chi connectivity index (χ3v) is 3.46. The first-order valence-corrected chi connectivity index (χ1v) is 7.24. The third kappa shape index (κ3) is 4.58. The summed E-state index contributed by atoms with van der Waals surface area (Å²) in [5.74, 6) is -0.755. The molecular weight excluding hydrogens is 272 g/mol. The zero-order valence-corrected chi connectivity index (χ0v) is 12.7. The van der Waals surface area contributed by atoms with Gasteiger partial charge in [-0.25, -0.2) is 0 Å². The van der Waals surface area contributed by atoms with Crippen LogP contribution in [0.2, 0.25) is 0 Å². The van der Waals surface area contributed by atoms with Crippen LogP contribution < -0.4 is 5.32 Å². The summed E-state index contributed by atoms with van der Waals surface area (Å²) in [4.78, 5) is 23.2. The lowest BCUT2D eigenvalue weighted by molar-refractivity contribution is -0.142. The fraction of sp³-hybridized carbons (Fsp3) is 0.667. The van der Waals surface area contributed by atoms with Gasteiger partial charge in [0.2, 0.25) is 0 Å². The number of nitrogens with zero attached hydrogens (tertiary/aromatic N) is 1. The van der Waals surface area contributed by atoms with Crippen molar-refractivity contribution in [3.8, 4) is 0 Å². The summed E-state index contributed by atoms with van der Waals surface area (Å²) < 4.78 is 5.12. The van der Waals surface area contributed by atoms with Gasteiger partial charge in [0.25, 0.3) is 5.91 Å². The van der Waals surface area contributed by atoms with E-state index in [4.69, 9.17) is 4.52 Å². The Balaban J connectivity index is 1.89. The summed E-state index contributed by atoms with van der Waals surface area (Å²) in [5.41, 5.74) is 0.109. The van der Waals surface area contributed by atoms with E-state index in [2.05, 4.69) is 10.5 Å². The molecule has 0 saturated heterocycles. The predicted octanol–water partition coefficient (Wildman–Crippen LogP) is 2.42. The number of hydrogen-bond donors (Lipinski definition) is 2. The fourth-order valence-corrected chi connectivity index (χ4v) is 2.25. The van der Waals surface area contributed by atoms with Crippen molar-refractivity contribution in [3.63, 3.8) is 0 Å². The third-order valence-electron chi connectivity index (χ3n) is 3.46. The molecule has 1 amide bonds. The summed E-state index contributed by atoms with van der Waals surface area (Å²) >= 11 is 0. The molecule has 1 aromatic rings. The van der Waals surface area contributed by atoms with Gasteiger partial charge in [0.1, 0.15) is 5.76 Å². The molecule has 1 unspecified atom stereocenters. The van der Waals surface area contributed by atoms with Gasteiger partial charge in [-0.2, -0.15) is 0 Å². The van der Waals surface area contributed by atoms with Crippen molar-refractivity contribution >= 4 is 11.9 Å². The van der Waals surface area contributed by atoms with Gasteiger partial charge in [-0.1, -0.05) is 25.9 Å². The minimum Gasteiger partial charge on any atom is -0.481 e. The van der Waals surface area contributed by atoms with Crippen LogP contribution in [-0.2, 0) is 4.79 Å². The summed E-state index contributed by atoms with van der Waals surface area (Å²) in [5, 5.41) is 15.6. The van der Waals surface area contributed by atoms with Gasteiger partial charge in [0.15, 0.2) is 5.69 Å². The van der Waals surface area contributed by atoms with Gasteiger partial charge in [0.05, 0.1) is 5.92 Å². The molecule has 21 heavy (non-hydrogen) atoms. The lowest BCUT2D eigenvalue weighted by atomic mass is 9.84. The Kier molecular flexibility index (Phi) is 4.34. The Morgan fingerprint density at radius 2 is 2.14 bits per heavy atom. The smallest absolute Gasteiger partial charge is 0.308 e. The standard InChI is InChI=1S/C15H22N2O4/c1-15(2,3)7-10(14(19)20)8-16-13(18)11-6-12(21-17-11)9-4-5-9/h6,9-10H,4-5,7-8H2,1-3H3,(H,16,18)(H,19,20). The molecule has 2 rings (SSSR count). The summed E-state index contributed by atoms with van der Waals surface area (Å²) in [6.45, 7) is 6.02. The largest absolute Gasteiger partial charge is 0.481 e. The van der Waals surface area contributed by atoms with Crippen LogP contribution in [0.3, 0.4) is 0 Å². The molecule has 1 aliphatic carbocycles. The van der Waals surface area contributed by atoms with E-state index >= 15 is 0 Å². The lowest BCUT2D eigenvalue weighted by Crippen LogP contribution is -2.35. The molecule has 1 heterocycles. The number of rotatable bonds is 6. The highest BCUT2D eigenvalue weighted by molar-refractivity contribution is 5.92. The van der Waals surface area contributed by atoms with E-state index in [1.807, 2.05) is 20.8 Å². The molecule has 0 bridgehead atoms. The second-order valence-electron chi connectivity index (χ2n) is 6.90. The molecule has 1 aliphatic rings. The van der Waals surface area contributed by atoms with Crippen molar-refractivity contribution in [2.24, 2.45) is 11.3 Å². The normalized spacial score (nSPS) is 16.5. The van der Waals surface area contributed by atoms with Crippen molar-refractivity contribution in [3.05, 3.63) is 17.5 Å². The maximum absolute atomic E-state index is 12.0. The van der Waals surface area contributed by atoms with Crippen LogP contribution in [0.5, 0.6) is 0 Å². The minimum absolute atomic E-state index is 0.0943. The van der Waals surface area contributed by atoms with Gasteiger partial charge >= 0.3 is 5.97 Å². The lowest BCUT2D eigenvalue weighted by Gasteiger charge is -2.23. The highest BCUT2D eigenvalue weighted by Crippen LogP contribution is 2.40. The van der Waals surface area contributed by atoms with Crippen LogP contribution in [-0.4, -0.2) is 28.7 Å². The van der Waals surface area contributed by atoms with E-state index in [-0.39, 0.29) is 23.6 Å². The highest BCUT2D eigenvalue weighted by Gasteiger charge is 2.29. The first-order valence-electron chi connectivity index (χ1n) is 7.24. The Hall–Kier alpha value is -1.85. The van der Waals surface area contributed by atoms with Gasteiger partial charge < -0.3 is 14.9 Å². The van der Waals surface area contributed by atoms with Crippen LogP contribution >= 0.6 is 0 Å². The molecule has 6 nitrogen and oxygen atoms in total. The quantitative estimate of drug-likeness (QED) is 0.840. The van der Waals surface area contributed by atoms with Crippen molar-refractivity contribution in [1.29, 1.82) is 0 Å². The average molecular weight is 294 g/mol. The van der Waals surface area contributed by atoms with Gasteiger partial charge in [-0.3, -0.25) is 9.59 Å². The molecule has 1 aromatic heterocycles. The molecule has 116 valence electrons. The monoisotopic (exact) mass is 294 g/mol. The van der Waals surface area contributed by atoms with E-state index in [1.165, 1.54) is 0 Å². The highest BCUT2D eigenvalue weighted by atomic mass is 16.5. The first kappa shape index (κ1) is 15.5. The molecule has 0 radical (unpaired) electrons. The number of carbonyl (C=O) groups excluding carboxylic acids is 1. The topological polar surface area (TPSA) is 92.4 Å². The molecule has 1 atom stereocenters. The van der Waals surface area contributed by atoms with E-state index in [1.54, 1.807) is 6.07 Å². The second-order valence-corrected chi connectivity index (χ2v) is 6.90. The van der Waals surface area contributed by atoms with Gasteiger partial charge in [-0.05, 0) is 24.7 Å². The van der Waals surface area contributed by atoms with E-state index < -0.39 is 11.9 Å². The van der Waals surface area contributed by atoms with Gasteiger partial charge in [0, 0.05) is 18.5 Å². The van der Waals surface area contributed by atoms with Crippen molar-refractivity contribution in [1.82, 2.24) is 10.5 Å². The minimum atomic E-state index is -0.899. The maximum atomic E-state index is 12.0. The average Bonchev–Trinajstić information content (AvgIpc) is 3.10. The summed E-state index contributed by atoms with van der Waals surface area (Å²) in [7, 11) is 0. The Labute approximate surface area is 123 Å². The van der Waals surface area contributed by atoms with Gasteiger partial charge in [-0.15, -0.1) is 0 Å². The second kappa shape index (κ2) is 5.87. The number of aliphatic carboxylic acids is 1. The number of carboxylic acid groups (broad SMARTS) is 1. The summed E-state index contributed by atoms with van der Waals surface area (Å²) in [6.07, 6.45) is 2.64. The van der Waals surface area contributed by atoms with Crippen LogP contribution in [0.15, 0.2) is 10.6 Å². The fourth-order valence-electron chi connectivity index (χ4n) is 2.25. The number of hydrogen-bond acceptors (Lipinski definition) is 4. The Bertz CT molecular complexity index is 526. The Morgan fingerprint density at radius 1 is 1.48 bits per heavy atom. The van der Waals surface area contributed by atoms with E-state index in [0.29, 0.717) is 12.3 Å². The zero-order chi connectivity index (χ0) is 15.6. The van der Waals surface area contributed by atoms with Crippen molar-refractivity contribution in [2.45, 2.75) is 46.0 Å². The maximum Gasteiger partial charge on any atom is 0.308 e. The molecule has 1 saturated carbocycles. The zero-order valence-electron chi connectivity index (χ0n) is 12.7. The predicted molar refractivity (Wildman–Crippen MR) is 76.0 cm³/mol. The SMILES string of the molecule is CC(C)(C)CC(CNC(=O)c1cc(C2CC2)on1)C(=O)O. The number of nitrogens with one attached hydrogen (secondary N) is 1. The number of carbonyl (C=O) groups is 2. The number of carboxylic acids is 1. The molecule has 0 aliphatic heterocycles. The van der Waals surface area contributed by atoms with E-state index in [0.717, 1.165) is 18.6 Å². The van der Waals surface area contributed by atoms with Crippen molar-refractivity contribution < 1.29 is 19.2 Å². The Morgan fingerprint density at radius 3 is 2.67 bits per heavy atom.